The number of benzene rings is 2. The summed E-state index contributed by atoms with van der Waals surface area (Å²) in [6, 6.07) is 13.3. The van der Waals surface area contributed by atoms with Crippen LogP contribution in [0.25, 0.3) is 5.69 Å². The van der Waals surface area contributed by atoms with Gasteiger partial charge in [0.05, 0.1) is 22.8 Å². The van der Waals surface area contributed by atoms with E-state index in [1.165, 1.54) is 17.3 Å². The van der Waals surface area contributed by atoms with E-state index < -0.39 is 5.91 Å². The molecule has 1 aromatic heterocycles. The second kappa shape index (κ2) is 9.86. The number of para-hydroxylation sites is 1. The second-order valence-electron chi connectivity index (χ2n) is 7.59. The maximum absolute atomic E-state index is 12.8. The van der Waals surface area contributed by atoms with Crippen LogP contribution in [0.4, 0.5) is 11.4 Å². The molecule has 3 aromatic rings. The molecule has 166 valence electrons. The van der Waals surface area contributed by atoms with Crippen molar-refractivity contribution in [3.8, 4) is 5.69 Å². The number of nitrogens with zero attached hydrogens (tertiary/aromatic N) is 4. The minimum atomic E-state index is -0.523. The largest absolute Gasteiger partial charge is 0.370 e. The van der Waals surface area contributed by atoms with Gasteiger partial charge in [0.25, 0.3) is 0 Å². The Bertz CT molecular complexity index is 1120. The molecule has 0 bridgehead atoms. The lowest BCUT2D eigenvalue weighted by atomic mass is 10.1. The molecule has 0 unspecified atom stereocenters. The van der Waals surface area contributed by atoms with Gasteiger partial charge in [0.2, 0.25) is 11.8 Å². The fourth-order valence-electron chi connectivity index (χ4n) is 3.87. The zero-order valence-electron chi connectivity index (χ0n) is 18.0. The summed E-state index contributed by atoms with van der Waals surface area (Å²) in [6.45, 7) is 3.95. The zero-order chi connectivity index (χ0) is 22.5. The van der Waals surface area contributed by atoms with Crippen molar-refractivity contribution >= 4 is 35.0 Å². The first-order chi connectivity index (χ1) is 15.6. The van der Waals surface area contributed by atoms with E-state index in [0.29, 0.717) is 16.4 Å². The second-order valence-corrected chi connectivity index (χ2v) is 8.54. The molecule has 4 rings (SSSR count). The highest BCUT2D eigenvalue weighted by Crippen LogP contribution is 2.30. The Morgan fingerprint density at radius 2 is 1.91 bits per heavy atom. The quantitative estimate of drug-likeness (QED) is 0.510. The van der Waals surface area contributed by atoms with E-state index >= 15 is 0 Å². The monoisotopic (exact) mass is 450 g/mol. The van der Waals surface area contributed by atoms with E-state index in [0.717, 1.165) is 43.7 Å². The van der Waals surface area contributed by atoms with Crippen molar-refractivity contribution in [2.45, 2.75) is 31.3 Å². The Morgan fingerprint density at radius 1 is 1.12 bits per heavy atom. The van der Waals surface area contributed by atoms with E-state index in [1.54, 1.807) is 18.5 Å². The first-order valence-electron chi connectivity index (χ1n) is 10.7. The van der Waals surface area contributed by atoms with Crippen LogP contribution < -0.4 is 16.0 Å². The molecule has 0 aliphatic carbocycles. The average molecular weight is 451 g/mol. The number of anilines is 2. The van der Waals surface area contributed by atoms with Crippen molar-refractivity contribution in [2.24, 2.45) is 5.73 Å². The van der Waals surface area contributed by atoms with E-state index in [4.69, 9.17) is 5.73 Å². The molecule has 1 aliphatic heterocycles. The molecule has 8 nitrogen and oxygen atoms in total. The van der Waals surface area contributed by atoms with Gasteiger partial charge in [0.15, 0.2) is 5.16 Å². The minimum Gasteiger partial charge on any atom is -0.370 e. The number of nitrogens with two attached hydrogens (primary N) is 1. The summed E-state index contributed by atoms with van der Waals surface area (Å²) in [6.07, 6.45) is 4.76. The van der Waals surface area contributed by atoms with Crippen molar-refractivity contribution in [1.82, 2.24) is 14.8 Å². The minimum absolute atomic E-state index is 0.160. The summed E-state index contributed by atoms with van der Waals surface area (Å²) in [5.74, 6) is -0.548. The molecule has 0 spiro atoms. The van der Waals surface area contributed by atoms with Crippen molar-refractivity contribution in [1.29, 1.82) is 0 Å². The van der Waals surface area contributed by atoms with Gasteiger partial charge in [-0.3, -0.25) is 14.2 Å². The number of rotatable bonds is 8. The number of nitrogens with one attached hydrogen (secondary N) is 1. The standard InChI is InChI=1S/C23H26N6O2S/c1-2-16-7-3-4-8-19(16)29-15-25-27-23(29)32-14-21(30)26-18-13-17(22(24)31)9-10-20(18)28-11-5-6-12-28/h3-4,7-10,13,15H,2,5-6,11-12,14H2,1H3,(H2,24,31)(H,26,30). The fraction of sp³-hybridized carbons (Fsp3) is 0.304. The number of hydrogen-bond acceptors (Lipinski definition) is 6. The van der Waals surface area contributed by atoms with Crippen LogP contribution in [-0.4, -0.2) is 45.4 Å². The Balaban J connectivity index is 1.49. The molecule has 0 radical (unpaired) electrons. The predicted molar refractivity (Wildman–Crippen MR) is 126 cm³/mol. The Hall–Kier alpha value is -3.33. The molecule has 1 saturated heterocycles. The third-order valence-electron chi connectivity index (χ3n) is 5.48. The molecule has 9 heteroatoms. The lowest BCUT2D eigenvalue weighted by Crippen LogP contribution is -2.23. The van der Waals surface area contributed by atoms with Gasteiger partial charge >= 0.3 is 0 Å². The van der Waals surface area contributed by atoms with Crippen LogP contribution >= 0.6 is 11.8 Å². The summed E-state index contributed by atoms with van der Waals surface area (Å²) in [4.78, 5) is 26.7. The van der Waals surface area contributed by atoms with Gasteiger partial charge in [-0.15, -0.1) is 10.2 Å². The predicted octanol–water partition coefficient (Wildman–Crippen LogP) is 3.26. The first-order valence-corrected chi connectivity index (χ1v) is 11.6. The van der Waals surface area contributed by atoms with Crippen LogP contribution in [0, 0.1) is 0 Å². The maximum atomic E-state index is 12.8. The molecule has 2 aromatic carbocycles. The van der Waals surface area contributed by atoms with Gasteiger partial charge in [-0.1, -0.05) is 36.9 Å². The summed E-state index contributed by atoms with van der Waals surface area (Å²) in [7, 11) is 0. The van der Waals surface area contributed by atoms with Crippen LogP contribution in [0.1, 0.15) is 35.7 Å². The molecule has 32 heavy (non-hydrogen) atoms. The number of amides is 2. The van der Waals surface area contributed by atoms with Gasteiger partial charge in [0, 0.05) is 18.7 Å². The molecular weight excluding hydrogens is 424 g/mol. The van der Waals surface area contributed by atoms with E-state index in [1.807, 2.05) is 28.8 Å². The maximum Gasteiger partial charge on any atom is 0.248 e. The molecule has 1 aliphatic rings. The molecular formula is C23H26N6O2S. The summed E-state index contributed by atoms with van der Waals surface area (Å²) in [5, 5.41) is 11.8. The number of carbonyl (C=O) groups is 2. The average Bonchev–Trinajstić information content (AvgIpc) is 3.50. The Kier molecular flexibility index (Phi) is 6.75. The SMILES string of the molecule is CCc1ccccc1-n1cnnc1SCC(=O)Nc1cc(C(N)=O)ccc1N1CCCC1. The smallest absolute Gasteiger partial charge is 0.248 e. The van der Waals surface area contributed by atoms with Gasteiger partial charge in [0.1, 0.15) is 6.33 Å². The normalized spacial score (nSPS) is 13.3. The Labute approximate surface area is 191 Å². The van der Waals surface area contributed by atoms with Gasteiger partial charge < -0.3 is 16.0 Å². The highest BCUT2D eigenvalue weighted by molar-refractivity contribution is 7.99. The lowest BCUT2D eigenvalue weighted by Gasteiger charge is -2.22. The summed E-state index contributed by atoms with van der Waals surface area (Å²) >= 11 is 1.32. The topological polar surface area (TPSA) is 106 Å². The molecule has 0 atom stereocenters. The molecule has 1 fully saturated rings. The molecule has 2 heterocycles. The number of hydrogen-bond donors (Lipinski definition) is 2. The molecule has 3 N–H and O–H groups in total. The highest BCUT2D eigenvalue weighted by atomic mass is 32.2. The number of aryl methyl sites for hydroxylation is 1. The van der Waals surface area contributed by atoms with E-state index in [9.17, 15) is 9.59 Å². The van der Waals surface area contributed by atoms with Crippen LogP contribution in [-0.2, 0) is 11.2 Å². The number of carbonyl (C=O) groups excluding carboxylic acids is 2. The van der Waals surface area contributed by atoms with Crippen molar-refractivity contribution < 1.29 is 9.59 Å². The van der Waals surface area contributed by atoms with Crippen LogP contribution in [0.15, 0.2) is 53.9 Å². The van der Waals surface area contributed by atoms with E-state index in [2.05, 4.69) is 33.4 Å². The number of thioether (sulfide) groups is 1. The van der Waals surface area contributed by atoms with Gasteiger partial charge in [-0.05, 0) is 49.1 Å². The van der Waals surface area contributed by atoms with Crippen molar-refractivity contribution in [3.63, 3.8) is 0 Å². The highest BCUT2D eigenvalue weighted by Gasteiger charge is 2.19. The summed E-state index contributed by atoms with van der Waals surface area (Å²) < 4.78 is 1.90. The summed E-state index contributed by atoms with van der Waals surface area (Å²) in [5.41, 5.74) is 9.51. The van der Waals surface area contributed by atoms with Crippen LogP contribution in [0.2, 0.25) is 0 Å². The van der Waals surface area contributed by atoms with Crippen LogP contribution in [0.3, 0.4) is 0 Å². The number of aromatic nitrogens is 3. The third-order valence-corrected chi connectivity index (χ3v) is 6.43. The van der Waals surface area contributed by atoms with Gasteiger partial charge in [-0.25, -0.2) is 0 Å². The van der Waals surface area contributed by atoms with Crippen molar-refractivity contribution in [2.75, 3.05) is 29.1 Å². The van der Waals surface area contributed by atoms with Gasteiger partial charge in [-0.2, -0.15) is 0 Å². The number of primary amides is 1. The first kappa shape index (κ1) is 21.9. The van der Waals surface area contributed by atoms with E-state index in [-0.39, 0.29) is 11.7 Å². The lowest BCUT2D eigenvalue weighted by molar-refractivity contribution is -0.113. The molecule has 0 saturated carbocycles. The third kappa shape index (κ3) is 4.77. The zero-order valence-corrected chi connectivity index (χ0v) is 18.8. The van der Waals surface area contributed by atoms with Crippen molar-refractivity contribution in [3.05, 3.63) is 59.9 Å². The molecule has 2 amide bonds. The fourth-order valence-corrected chi connectivity index (χ4v) is 4.59. The van der Waals surface area contributed by atoms with Crippen LogP contribution in [0.5, 0.6) is 0 Å². The Morgan fingerprint density at radius 3 is 2.66 bits per heavy atom.